The zero-order chi connectivity index (χ0) is 14.9. The smallest absolute Gasteiger partial charge is 0.251 e. The van der Waals surface area contributed by atoms with Gasteiger partial charge in [-0.15, -0.1) is 35.9 Å². The summed E-state index contributed by atoms with van der Waals surface area (Å²) in [5.41, 5.74) is 7.64. The van der Waals surface area contributed by atoms with E-state index in [1.165, 1.54) is 29.9 Å². The summed E-state index contributed by atoms with van der Waals surface area (Å²) in [4.78, 5) is 12.4. The molecule has 6 heteroatoms. The zero-order valence-electron chi connectivity index (χ0n) is 12.7. The summed E-state index contributed by atoms with van der Waals surface area (Å²) in [6.07, 6.45) is 2.34. The van der Waals surface area contributed by atoms with Gasteiger partial charge in [-0.05, 0) is 43.4 Å². The van der Waals surface area contributed by atoms with E-state index < -0.39 is 0 Å². The van der Waals surface area contributed by atoms with Crippen LogP contribution >= 0.6 is 35.9 Å². The molecule has 1 heterocycles. The van der Waals surface area contributed by atoms with E-state index in [0.717, 1.165) is 5.56 Å². The van der Waals surface area contributed by atoms with Crippen LogP contribution in [0, 0.1) is 5.92 Å². The summed E-state index contributed by atoms with van der Waals surface area (Å²) in [6, 6.07) is 8.05. The highest BCUT2D eigenvalue weighted by atomic mass is 35.5. The lowest BCUT2D eigenvalue weighted by molar-refractivity contribution is 0.0898. The molecule has 1 unspecified atom stereocenters. The van der Waals surface area contributed by atoms with Crippen molar-refractivity contribution in [3.05, 3.63) is 35.4 Å². The first kappa shape index (κ1) is 18.0. The molecule has 3 rings (SSSR count). The van der Waals surface area contributed by atoms with Crippen molar-refractivity contribution in [3.8, 4) is 0 Å². The second-order valence-corrected chi connectivity index (χ2v) is 8.77. The minimum Gasteiger partial charge on any atom is -0.345 e. The van der Waals surface area contributed by atoms with Crippen molar-refractivity contribution < 1.29 is 4.79 Å². The van der Waals surface area contributed by atoms with E-state index in [9.17, 15) is 4.79 Å². The molecule has 1 aliphatic heterocycles. The number of amides is 1. The number of hydrogen-bond acceptors (Lipinski definition) is 4. The highest BCUT2D eigenvalue weighted by molar-refractivity contribution is 8.19. The van der Waals surface area contributed by atoms with Crippen molar-refractivity contribution in [2.45, 2.75) is 29.9 Å². The lowest BCUT2D eigenvalue weighted by Gasteiger charge is -2.29. The maximum absolute atomic E-state index is 12.4. The Morgan fingerprint density at radius 3 is 2.36 bits per heavy atom. The first-order chi connectivity index (χ1) is 10.1. The Morgan fingerprint density at radius 2 is 1.86 bits per heavy atom. The van der Waals surface area contributed by atoms with Gasteiger partial charge in [0.15, 0.2) is 0 Å². The minimum absolute atomic E-state index is 0. The number of nitrogens with one attached hydrogen (secondary N) is 1. The third-order valence-corrected chi connectivity index (χ3v) is 7.47. The zero-order valence-corrected chi connectivity index (χ0v) is 15.2. The Kier molecular flexibility index (Phi) is 6.11. The van der Waals surface area contributed by atoms with Crippen LogP contribution in [-0.2, 0) is 0 Å². The molecular formula is C16H23ClN2OS2. The van der Waals surface area contributed by atoms with Crippen LogP contribution in [0.25, 0.3) is 0 Å². The molecule has 122 valence electrons. The molecule has 1 saturated carbocycles. The van der Waals surface area contributed by atoms with Crippen molar-refractivity contribution in [2.75, 3.05) is 18.1 Å². The van der Waals surface area contributed by atoms with Crippen molar-refractivity contribution >= 4 is 41.8 Å². The molecule has 2 fully saturated rings. The fourth-order valence-electron chi connectivity index (χ4n) is 2.71. The molecule has 1 aliphatic carbocycles. The van der Waals surface area contributed by atoms with E-state index in [1.54, 1.807) is 0 Å². The molecule has 3 N–H and O–H groups in total. The van der Waals surface area contributed by atoms with E-state index in [-0.39, 0.29) is 23.9 Å². The van der Waals surface area contributed by atoms with Gasteiger partial charge in [-0.25, -0.2) is 0 Å². The molecule has 3 nitrogen and oxygen atoms in total. The van der Waals surface area contributed by atoms with Crippen molar-refractivity contribution in [1.82, 2.24) is 5.32 Å². The Hall–Kier alpha value is -0.360. The highest BCUT2D eigenvalue weighted by Crippen LogP contribution is 2.45. The van der Waals surface area contributed by atoms with Gasteiger partial charge in [0.1, 0.15) is 0 Å². The molecular weight excluding hydrogens is 336 g/mol. The second-order valence-electron chi connectivity index (χ2n) is 6.05. The van der Waals surface area contributed by atoms with Gasteiger partial charge in [0.2, 0.25) is 0 Å². The Balaban J connectivity index is 0.00000176. The number of benzene rings is 1. The fraction of sp³-hybridized carbons (Fsp3) is 0.562. The summed E-state index contributed by atoms with van der Waals surface area (Å²) in [6.45, 7) is 2.56. The second kappa shape index (κ2) is 7.47. The van der Waals surface area contributed by atoms with E-state index >= 15 is 0 Å². The van der Waals surface area contributed by atoms with Crippen LogP contribution in [0.3, 0.4) is 0 Å². The molecule has 1 saturated heterocycles. The molecule has 0 aromatic heterocycles. The number of nitrogens with two attached hydrogens (primary N) is 1. The third-order valence-electron chi connectivity index (χ3n) is 4.37. The highest BCUT2D eigenvalue weighted by Gasteiger charge is 2.41. The third kappa shape index (κ3) is 3.94. The summed E-state index contributed by atoms with van der Waals surface area (Å²) >= 11 is 3.96. The maximum atomic E-state index is 12.4. The van der Waals surface area contributed by atoms with Gasteiger partial charge in [0, 0.05) is 23.6 Å². The fourth-order valence-corrected chi connectivity index (χ4v) is 5.57. The molecule has 0 radical (unpaired) electrons. The van der Waals surface area contributed by atoms with Crippen molar-refractivity contribution in [2.24, 2.45) is 11.7 Å². The lowest BCUT2D eigenvalue weighted by atomic mass is 9.95. The molecule has 2 aliphatic rings. The molecule has 1 aromatic carbocycles. The largest absolute Gasteiger partial charge is 0.345 e. The van der Waals surface area contributed by atoms with Gasteiger partial charge in [0.25, 0.3) is 5.91 Å². The normalized spacial score (nSPS) is 21.0. The van der Waals surface area contributed by atoms with Gasteiger partial charge in [-0.1, -0.05) is 12.1 Å². The summed E-state index contributed by atoms with van der Waals surface area (Å²) in [5, 5.41) is 3.14. The van der Waals surface area contributed by atoms with Crippen LogP contribution in [-0.4, -0.2) is 29.5 Å². The van der Waals surface area contributed by atoms with Crippen LogP contribution in [0.1, 0.15) is 40.3 Å². The van der Waals surface area contributed by atoms with Gasteiger partial charge >= 0.3 is 0 Å². The maximum Gasteiger partial charge on any atom is 0.251 e. The lowest BCUT2D eigenvalue weighted by Crippen LogP contribution is -2.53. The summed E-state index contributed by atoms with van der Waals surface area (Å²) < 4.78 is 0.530. The van der Waals surface area contributed by atoms with Gasteiger partial charge in [-0.2, -0.15) is 0 Å². The molecule has 1 aromatic rings. The van der Waals surface area contributed by atoms with Crippen LogP contribution in [0.15, 0.2) is 24.3 Å². The standard InChI is InChI=1S/C16H22N2OS2.ClH/c1-16(10-17,13-6-7-13)18-14(19)11-2-4-12(5-3-11)15-20-8-9-21-15;/h2-5,13,15H,6-10,17H2,1H3,(H,18,19);1H. The Morgan fingerprint density at radius 1 is 1.27 bits per heavy atom. The molecule has 0 spiro atoms. The van der Waals surface area contributed by atoms with Crippen molar-refractivity contribution in [3.63, 3.8) is 0 Å². The van der Waals surface area contributed by atoms with Crippen molar-refractivity contribution in [1.29, 1.82) is 0 Å². The van der Waals surface area contributed by atoms with Crippen LogP contribution in [0.2, 0.25) is 0 Å². The van der Waals surface area contributed by atoms with Gasteiger partial charge in [-0.3, -0.25) is 4.79 Å². The van der Waals surface area contributed by atoms with E-state index in [2.05, 4.69) is 24.4 Å². The van der Waals surface area contributed by atoms with Crippen LogP contribution < -0.4 is 11.1 Å². The van der Waals surface area contributed by atoms with Gasteiger partial charge in [0.05, 0.1) is 10.1 Å². The first-order valence-corrected chi connectivity index (χ1v) is 9.58. The predicted molar refractivity (Wildman–Crippen MR) is 99.0 cm³/mol. The van der Waals surface area contributed by atoms with E-state index in [4.69, 9.17) is 5.73 Å². The van der Waals surface area contributed by atoms with E-state index in [1.807, 2.05) is 35.7 Å². The predicted octanol–water partition coefficient (Wildman–Crippen LogP) is 3.44. The SMILES string of the molecule is CC(CN)(NC(=O)c1ccc(C2SCCS2)cc1)C1CC1.Cl. The molecule has 0 bridgehead atoms. The number of carbonyl (C=O) groups is 1. The summed E-state index contributed by atoms with van der Waals surface area (Å²) in [5.74, 6) is 2.96. The minimum atomic E-state index is -0.257. The topological polar surface area (TPSA) is 55.1 Å². The van der Waals surface area contributed by atoms with E-state index in [0.29, 0.717) is 17.0 Å². The summed E-state index contributed by atoms with van der Waals surface area (Å²) in [7, 11) is 0. The quantitative estimate of drug-likeness (QED) is 0.846. The van der Waals surface area contributed by atoms with Crippen LogP contribution in [0.5, 0.6) is 0 Å². The Labute approximate surface area is 147 Å². The molecule has 1 amide bonds. The number of carbonyl (C=O) groups excluding carboxylic acids is 1. The van der Waals surface area contributed by atoms with Gasteiger partial charge < -0.3 is 11.1 Å². The average Bonchev–Trinajstić information content (AvgIpc) is 3.23. The first-order valence-electron chi connectivity index (χ1n) is 7.48. The monoisotopic (exact) mass is 358 g/mol. The number of thioether (sulfide) groups is 2. The molecule has 22 heavy (non-hydrogen) atoms. The Bertz CT molecular complexity index is 515. The average molecular weight is 359 g/mol. The molecule has 1 atom stereocenters. The number of rotatable bonds is 5. The number of halogens is 1. The van der Waals surface area contributed by atoms with Crippen LogP contribution in [0.4, 0.5) is 0 Å². The number of hydrogen-bond donors (Lipinski definition) is 2.